The number of nitriles is 1. The van der Waals surface area contributed by atoms with Gasteiger partial charge in [0.05, 0.1) is 6.07 Å². The monoisotopic (exact) mass is 271 g/mol. The molecule has 2 atom stereocenters. The summed E-state index contributed by atoms with van der Waals surface area (Å²) in [5.74, 6) is 0.416. The summed E-state index contributed by atoms with van der Waals surface area (Å²) >= 11 is 0. The Kier molecular flexibility index (Phi) is 4.25. The van der Waals surface area contributed by atoms with Gasteiger partial charge < -0.3 is 0 Å². The van der Waals surface area contributed by atoms with E-state index in [1.54, 1.807) is 4.31 Å². The first kappa shape index (κ1) is 13.8. The molecule has 0 aromatic rings. The lowest BCUT2D eigenvalue weighted by molar-refractivity contribution is 0.231. The molecule has 2 unspecified atom stereocenters. The number of hydrogen-bond acceptors (Lipinski definition) is 3. The van der Waals surface area contributed by atoms with Crippen LogP contribution in [-0.2, 0) is 10.2 Å². The molecule has 2 saturated heterocycles. The topological polar surface area (TPSA) is 64.4 Å². The molecule has 0 aromatic carbocycles. The molecule has 2 rings (SSSR count). The maximum absolute atomic E-state index is 12.6. The van der Waals surface area contributed by atoms with E-state index in [1.165, 1.54) is 4.31 Å². The number of piperidine rings is 2. The first-order chi connectivity index (χ1) is 8.55. The van der Waals surface area contributed by atoms with Crippen molar-refractivity contribution in [3.8, 4) is 6.07 Å². The van der Waals surface area contributed by atoms with Crippen LogP contribution in [0.3, 0.4) is 0 Å². The summed E-state index contributed by atoms with van der Waals surface area (Å²) in [5.41, 5.74) is 0. The standard InChI is InChI=1S/C12H21N3O2S/c1-11-5-4-7-14(10-11)18(16,17)15-8-3-2-6-12(15)9-13/h11-12H,2-8,10H2,1H3. The van der Waals surface area contributed by atoms with Crippen LogP contribution in [0.1, 0.15) is 39.0 Å². The Balaban J connectivity index is 2.16. The third-order valence-corrected chi connectivity index (χ3v) is 5.86. The molecule has 2 fully saturated rings. The van der Waals surface area contributed by atoms with E-state index in [4.69, 9.17) is 5.26 Å². The largest absolute Gasteiger partial charge is 0.283 e. The fraction of sp³-hybridized carbons (Fsp3) is 0.917. The van der Waals surface area contributed by atoms with E-state index in [0.29, 0.717) is 32.0 Å². The van der Waals surface area contributed by atoms with Gasteiger partial charge in [0.2, 0.25) is 0 Å². The summed E-state index contributed by atoms with van der Waals surface area (Å²) in [5, 5.41) is 9.10. The van der Waals surface area contributed by atoms with Crippen molar-refractivity contribution in [2.24, 2.45) is 5.92 Å². The van der Waals surface area contributed by atoms with Gasteiger partial charge in [-0.1, -0.05) is 6.92 Å². The maximum atomic E-state index is 12.6. The molecule has 0 spiro atoms. The molecule has 2 heterocycles. The zero-order chi connectivity index (χ0) is 13.2. The molecule has 0 bridgehead atoms. The molecule has 2 aliphatic heterocycles. The van der Waals surface area contributed by atoms with E-state index < -0.39 is 16.3 Å². The van der Waals surface area contributed by atoms with Gasteiger partial charge in [-0.25, -0.2) is 0 Å². The minimum Gasteiger partial charge on any atom is -0.197 e. The summed E-state index contributed by atoms with van der Waals surface area (Å²) in [6.45, 7) is 3.77. The van der Waals surface area contributed by atoms with Crippen molar-refractivity contribution in [2.75, 3.05) is 19.6 Å². The van der Waals surface area contributed by atoms with Crippen molar-refractivity contribution in [2.45, 2.75) is 45.1 Å². The van der Waals surface area contributed by atoms with Crippen LogP contribution in [0.15, 0.2) is 0 Å². The Labute approximate surface area is 110 Å². The number of rotatable bonds is 2. The number of nitrogens with zero attached hydrogens (tertiary/aromatic N) is 3. The molecule has 6 heteroatoms. The van der Waals surface area contributed by atoms with E-state index in [2.05, 4.69) is 13.0 Å². The molecule has 102 valence electrons. The van der Waals surface area contributed by atoms with Gasteiger partial charge in [0.1, 0.15) is 6.04 Å². The first-order valence-corrected chi connectivity index (χ1v) is 8.12. The fourth-order valence-corrected chi connectivity index (χ4v) is 4.75. The third kappa shape index (κ3) is 2.68. The predicted octanol–water partition coefficient (Wildman–Crippen LogP) is 1.34. The van der Waals surface area contributed by atoms with Crippen molar-refractivity contribution in [1.29, 1.82) is 5.26 Å². The van der Waals surface area contributed by atoms with Gasteiger partial charge in [-0.05, 0) is 38.0 Å². The van der Waals surface area contributed by atoms with Crippen LogP contribution in [-0.4, -0.2) is 42.7 Å². The number of hydrogen-bond donors (Lipinski definition) is 0. The second-order valence-corrected chi connectivity index (χ2v) is 7.25. The molecule has 2 aliphatic rings. The van der Waals surface area contributed by atoms with Crippen LogP contribution in [0, 0.1) is 17.2 Å². The van der Waals surface area contributed by atoms with Crippen molar-refractivity contribution in [1.82, 2.24) is 8.61 Å². The van der Waals surface area contributed by atoms with Gasteiger partial charge in [0.25, 0.3) is 10.2 Å². The summed E-state index contributed by atoms with van der Waals surface area (Å²) in [7, 11) is -3.44. The Morgan fingerprint density at radius 2 is 1.94 bits per heavy atom. The molecule has 0 saturated carbocycles. The summed E-state index contributed by atoms with van der Waals surface area (Å²) in [6.07, 6.45) is 4.49. The zero-order valence-corrected chi connectivity index (χ0v) is 11.7. The van der Waals surface area contributed by atoms with Crippen molar-refractivity contribution in [3.05, 3.63) is 0 Å². The van der Waals surface area contributed by atoms with E-state index in [0.717, 1.165) is 25.7 Å². The highest BCUT2D eigenvalue weighted by Gasteiger charge is 2.37. The lowest BCUT2D eigenvalue weighted by atomic mass is 10.0. The minimum atomic E-state index is -3.44. The second-order valence-electron chi connectivity index (χ2n) is 5.36. The lowest BCUT2D eigenvalue weighted by Crippen LogP contribution is -2.52. The van der Waals surface area contributed by atoms with Crippen LogP contribution in [0.4, 0.5) is 0 Å². The molecular weight excluding hydrogens is 250 g/mol. The van der Waals surface area contributed by atoms with E-state index in [9.17, 15) is 8.42 Å². The van der Waals surface area contributed by atoms with Crippen molar-refractivity contribution >= 4 is 10.2 Å². The van der Waals surface area contributed by atoms with Crippen LogP contribution in [0.2, 0.25) is 0 Å². The van der Waals surface area contributed by atoms with Crippen molar-refractivity contribution in [3.63, 3.8) is 0 Å². The van der Waals surface area contributed by atoms with E-state index in [1.807, 2.05) is 0 Å². The zero-order valence-electron chi connectivity index (χ0n) is 10.9. The predicted molar refractivity (Wildman–Crippen MR) is 68.8 cm³/mol. The molecule has 0 N–H and O–H groups in total. The summed E-state index contributed by atoms with van der Waals surface area (Å²) < 4.78 is 28.1. The van der Waals surface area contributed by atoms with Crippen LogP contribution < -0.4 is 0 Å². The van der Waals surface area contributed by atoms with Gasteiger partial charge in [-0.2, -0.15) is 22.3 Å². The first-order valence-electron chi connectivity index (χ1n) is 6.72. The average molecular weight is 271 g/mol. The Morgan fingerprint density at radius 1 is 1.17 bits per heavy atom. The van der Waals surface area contributed by atoms with Crippen LogP contribution in [0.5, 0.6) is 0 Å². The van der Waals surface area contributed by atoms with Crippen LogP contribution in [0.25, 0.3) is 0 Å². The Hall–Kier alpha value is -0.640. The van der Waals surface area contributed by atoms with Gasteiger partial charge in [-0.3, -0.25) is 0 Å². The molecule has 5 nitrogen and oxygen atoms in total. The fourth-order valence-electron chi connectivity index (χ4n) is 2.81. The Morgan fingerprint density at radius 3 is 2.61 bits per heavy atom. The SMILES string of the molecule is CC1CCCN(S(=O)(=O)N2CCCCC2C#N)C1. The summed E-state index contributed by atoms with van der Waals surface area (Å²) in [6, 6.07) is 1.66. The molecule has 0 aliphatic carbocycles. The van der Waals surface area contributed by atoms with E-state index >= 15 is 0 Å². The van der Waals surface area contributed by atoms with Gasteiger partial charge in [0, 0.05) is 19.6 Å². The smallest absolute Gasteiger partial charge is 0.197 e. The molecule has 18 heavy (non-hydrogen) atoms. The third-order valence-electron chi connectivity index (χ3n) is 3.85. The minimum absolute atomic E-state index is 0.416. The average Bonchev–Trinajstić information content (AvgIpc) is 2.38. The van der Waals surface area contributed by atoms with E-state index in [-0.39, 0.29) is 0 Å². The highest BCUT2D eigenvalue weighted by molar-refractivity contribution is 7.86. The molecule has 0 amide bonds. The lowest BCUT2D eigenvalue weighted by Gasteiger charge is -2.37. The van der Waals surface area contributed by atoms with Crippen LogP contribution >= 0.6 is 0 Å². The molecular formula is C12H21N3O2S. The van der Waals surface area contributed by atoms with Crippen molar-refractivity contribution < 1.29 is 8.42 Å². The van der Waals surface area contributed by atoms with Gasteiger partial charge >= 0.3 is 0 Å². The normalized spacial score (nSPS) is 32.0. The molecule has 0 radical (unpaired) electrons. The Bertz CT molecular complexity index is 429. The second kappa shape index (κ2) is 5.55. The highest BCUT2D eigenvalue weighted by Crippen LogP contribution is 2.25. The van der Waals surface area contributed by atoms with Gasteiger partial charge in [-0.15, -0.1) is 0 Å². The quantitative estimate of drug-likeness (QED) is 0.761. The highest BCUT2D eigenvalue weighted by atomic mass is 32.2. The van der Waals surface area contributed by atoms with Gasteiger partial charge in [0.15, 0.2) is 0 Å². The maximum Gasteiger partial charge on any atom is 0.283 e. The molecule has 0 aromatic heterocycles. The summed E-state index contributed by atoms with van der Waals surface area (Å²) in [4.78, 5) is 0.